The molecule has 0 spiro atoms. The Morgan fingerprint density at radius 2 is 2.20 bits per heavy atom. The molecule has 0 heterocycles. The molecule has 54 valence electrons. The molecular formula is C7H6Cl2O. The van der Waals surface area contributed by atoms with Gasteiger partial charge in [0.2, 0.25) is 0 Å². The van der Waals surface area contributed by atoms with Gasteiger partial charge in [-0.25, -0.2) is 0 Å². The molecule has 1 unspecified atom stereocenters. The van der Waals surface area contributed by atoms with E-state index in [0.717, 1.165) is 0 Å². The second-order valence-corrected chi connectivity index (χ2v) is 3.56. The molecule has 0 aromatic rings. The van der Waals surface area contributed by atoms with Crippen molar-refractivity contribution in [2.24, 2.45) is 0 Å². The molecule has 0 saturated carbocycles. The number of carbonyl (C=O) groups excluding carboxylic acids is 1. The largest absolute Gasteiger partial charge is 0.288 e. The number of hydrogen-bond donors (Lipinski definition) is 0. The topological polar surface area (TPSA) is 17.1 Å². The van der Waals surface area contributed by atoms with Crippen LogP contribution in [0.3, 0.4) is 0 Å². The molecule has 1 atom stereocenters. The van der Waals surface area contributed by atoms with Crippen LogP contribution in [0.2, 0.25) is 0 Å². The van der Waals surface area contributed by atoms with Crippen LogP contribution in [-0.2, 0) is 4.79 Å². The lowest BCUT2D eigenvalue weighted by Gasteiger charge is -2.15. The summed E-state index contributed by atoms with van der Waals surface area (Å²) >= 11 is 11.4. The van der Waals surface area contributed by atoms with Gasteiger partial charge in [0.05, 0.1) is 9.91 Å². The van der Waals surface area contributed by atoms with Crippen molar-refractivity contribution in [3.05, 3.63) is 23.3 Å². The first-order chi connectivity index (χ1) is 4.51. The number of carbonyl (C=O) groups is 1. The second-order valence-electron chi connectivity index (χ2n) is 2.34. The van der Waals surface area contributed by atoms with Crippen LogP contribution < -0.4 is 0 Å². The van der Waals surface area contributed by atoms with Crippen LogP contribution in [0.4, 0.5) is 0 Å². The van der Waals surface area contributed by atoms with Gasteiger partial charge in [0.15, 0.2) is 5.78 Å². The summed E-state index contributed by atoms with van der Waals surface area (Å²) in [5.41, 5.74) is 0. The Balaban J connectivity index is 2.95. The number of alkyl halides is 1. The zero-order chi connectivity index (χ0) is 7.78. The summed E-state index contributed by atoms with van der Waals surface area (Å²) in [7, 11) is 0. The fourth-order valence-corrected chi connectivity index (χ4v) is 1.20. The summed E-state index contributed by atoms with van der Waals surface area (Å²) in [5.74, 6) is -0.181. The van der Waals surface area contributed by atoms with Crippen molar-refractivity contribution < 1.29 is 4.79 Å². The van der Waals surface area contributed by atoms with Crippen LogP contribution in [0.5, 0.6) is 0 Å². The summed E-state index contributed by atoms with van der Waals surface area (Å²) in [6, 6.07) is 0. The Kier molecular flexibility index (Phi) is 1.88. The molecule has 1 rings (SSSR count). The highest BCUT2D eigenvalue weighted by Crippen LogP contribution is 2.25. The van der Waals surface area contributed by atoms with Crippen molar-refractivity contribution >= 4 is 29.0 Å². The van der Waals surface area contributed by atoms with Crippen molar-refractivity contribution in [2.45, 2.75) is 11.8 Å². The van der Waals surface area contributed by atoms with E-state index in [-0.39, 0.29) is 10.8 Å². The number of ketones is 1. The maximum atomic E-state index is 10.7. The molecule has 3 heteroatoms. The Bertz CT molecular complexity index is 226. The molecule has 0 saturated heterocycles. The first-order valence-electron chi connectivity index (χ1n) is 2.82. The predicted molar refractivity (Wildman–Crippen MR) is 42.3 cm³/mol. The number of allylic oxidation sites excluding steroid dienone is 4. The van der Waals surface area contributed by atoms with Gasteiger partial charge in [0.1, 0.15) is 0 Å². The SMILES string of the molecule is CC1(Cl)C=CC(=O)C(Cl)=C1. The summed E-state index contributed by atoms with van der Waals surface area (Å²) in [6.07, 6.45) is 4.52. The van der Waals surface area contributed by atoms with Crippen LogP contribution in [0.15, 0.2) is 23.3 Å². The molecule has 10 heavy (non-hydrogen) atoms. The molecule has 1 aliphatic carbocycles. The average molecular weight is 177 g/mol. The van der Waals surface area contributed by atoms with E-state index < -0.39 is 4.87 Å². The maximum absolute atomic E-state index is 10.7. The summed E-state index contributed by atoms with van der Waals surface area (Å²) in [4.78, 5) is 10.1. The van der Waals surface area contributed by atoms with Crippen molar-refractivity contribution in [2.75, 3.05) is 0 Å². The highest BCUT2D eigenvalue weighted by atomic mass is 35.5. The highest BCUT2D eigenvalue weighted by molar-refractivity contribution is 6.45. The Labute approximate surface area is 69.3 Å². The van der Waals surface area contributed by atoms with E-state index in [1.807, 2.05) is 0 Å². The molecule has 1 aliphatic rings. The van der Waals surface area contributed by atoms with Gasteiger partial charge in [-0.2, -0.15) is 0 Å². The van der Waals surface area contributed by atoms with Gasteiger partial charge < -0.3 is 0 Å². The van der Waals surface area contributed by atoms with Crippen molar-refractivity contribution in [3.8, 4) is 0 Å². The quantitative estimate of drug-likeness (QED) is 0.518. The molecule has 0 aromatic carbocycles. The Morgan fingerprint density at radius 1 is 1.60 bits per heavy atom. The minimum absolute atomic E-state index is 0.181. The first kappa shape index (κ1) is 7.83. The Hall–Kier alpha value is -0.270. The van der Waals surface area contributed by atoms with Gasteiger partial charge in [0, 0.05) is 0 Å². The van der Waals surface area contributed by atoms with Gasteiger partial charge in [-0.05, 0) is 19.1 Å². The molecule has 0 radical (unpaired) electrons. The van der Waals surface area contributed by atoms with E-state index in [9.17, 15) is 4.79 Å². The maximum Gasteiger partial charge on any atom is 0.196 e. The minimum Gasteiger partial charge on any atom is -0.288 e. The predicted octanol–water partition coefficient (Wildman–Crippen LogP) is 2.25. The van der Waals surface area contributed by atoms with Crippen LogP contribution in [0.1, 0.15) is 6.92 Å². The number of hydrogen-bond acceptors (Lipinski definition) is 1. The molecule has 0 N–H and O–H groups in total. The lowest BCUT2D eigenvalue weighted by atomic mass is 10.0. The van der Waals surface area contributed by atoms with Crippen molar-refractivity contribution in [1.29, 1.82) is 0 Å². The lowest BCUT2D eigenvalue weighted by molar-refractivity contribution is -0.110. The third-order valence-corrected chi connectivity index (χ3v) is 1.74. The van der Waals surface area contributed by atoms with Crippen molar-refractivity contribution in [1.82, 2.24) is 0 Å². The normalized spacial score (nSPS) is 32.3. The smallest absolute Gasteiger partial charge is 0.196 e. The van der Waals surface area contributed by atoms with Crippen LogP contribution >= 0.6 is 23.2 Å². The molecule has 0 aliphatic heterocycles. The Morgan fingerprint density at radius 3 is 2.60 bits per heavy atom. The van der Waals surface area contributed by atoms with E-state index in [2.05, 4.69) is 0 Å². The van der Waals surface area contributed by atoms with Gasteiger partial charge in [-0.15, -0.1) is 11.6 Å². The fourth-order valence-electron chi connectivity index (χ4n) is 0.685. The van der Waals surface area contributed by atoms with E-state index in [1.54, 1.807) is 13.0 Å². The number of rotatable bonds is 0. The molecule has 0 fully saturated rings. The zero-order valence-corrected chi connectivity index (χ0v) is 6.91. The van der Waals surface area contributed by atoms with E-state index in [0.29, 0.717) is 0 Å². The summed E-state index contributed by atoms with van der Waals surface area (Å²) in [5, 5.41) is 0.194. The van der Waals surface area contributed by atoms with E-state index >= 15 is 0 Å². The molecule has 0 aromatic heterocycles. The average Bonchev–Trinajstić information content (AvgIpc) is 1.79. The van der Waals surface area contributed by atoms with Crippen LogP contribution in [-0.4, -0.2) is 10.7 Å². The standard InChI is InChI=1S/C7H6Cl2O/c1-7(9)3-2-6(10)5(8)4-7/h2-4H,1H3. The van der Waals surface area contributed by atoms with Gasteiger partial charge >= 0.3 is 0 Å². The second kappa shape index (κ2) is 2.40. The van der Waals surface area contributed by atoms with E-state index in [4.69, 9.17) is 23.2 Å². The van der Waals surface area contributed by atoms with Gasteiger partial charge in [-0.3, -0.25) is 4.79 Å². The molecular weight excluding hydrogens is 171 g/mol. The third kappa shape index (κ3) is 1.61. The number of halogens is 2. The van der Waals surface area contributed by atoms with Crippen molar-refractivity contribution in [3.63, 3.8) is 0 Å². The third-order valence-electron chi connectivity index (χ3n) is 1.20. The van der Waals surface area contributed by atoms with E-state index in [1.165, 1.54) is 12.2 Å². The highest BCUT2D eigenvalue weighted by Gasteiger charge is 2.20. The fraction of sp³-hybridized carbons (Fsp3) is 0.286. The van der Waals surface area contributed by atoms with Crippen LogP contribution in [0, 0.1) is 0 Å². The monoisotopic (exact) mass is 176 g/mol. The molecule has 0 bridgehead atoms. The first-order valence-corrected chi connectivity index (χ1v) is 3.58. The lowest BCUT2D eigenvalue weighted by Crippen LogP contribution is -2.15. The van der Waals surface area contributed by atoms with Crippen LogP contribution in [0.25, 0.3) is 0 Å². The summed E-state index contributed by atoms with van der Waals surface area (Å²) in [6.45, 7) is 1.76. The minimum atomic E-state index is -0.592. The zero-order valence-electron chi connectivity index (χ0n) is 5.40. The molecule has 1 nitrogen and oxygen atoms in total. The summed E-state index contributed by atoms with van der Waals surface area (Å²) < 4.78 is 0. The van der Waals surface area contributed by atoms with Gasteiger partial charge in [0.25, 0.3) is 0 Å². The molecule has 0 amide bonds. The van der Waals surface area contributed by atoms with Gasteiger partial charge in [-0.1, -0.05) is 17.7 Å².